The Morgan fingerprint density at radius 3 is 2.46 bits per heavy atom. The van der Waals surface area contributed by atoms with Crippen molar-refractivity contribution in [3.8, 4) is 0 Å². The van der Waals surface area contributed by atoms with E-state index in [4.69, 9.17) is 11.6 Å². The number of amides is 2. The van der Waals surface area contributed by atoms with Crippen LogP contribution in [0.15, 0.2) is 24.3 Å². The molecule has 0 bridgehead atoms. The smallest absolute Gasteiger partial charge is 0.317 e. The maximum Gasteiger partial charge on any atom is 0.317 e. The van der Waals surface area contributed by atoms with Crippen molar-refractivity contribution in [2.45, 2.75) is 20.4 Å². The molecule has 2 heterocycles. The average molecular weight is 348 g/mol. The Balaban J connectivity index is 1.51. The molecule has 128 valence electrons. The van der Waals surface area contributed by atoms with E-state index in [0.29, 0.717) is 24.7 Å². The summed E-state index contributed by atoms with van der Waals surface area (Å²) >= 11 is 5.87. The zero-order valence-electron chi connectivity index (χ0n) is 14.0. The van der Waals surface area contributed by atoms with Crippen molar-refractivity contribution < 1.29 is 4.79 Å². The van der Waals surface area contributed by atoms with Crippen molar-refractivity contribution in [2.75, 3.05) is 31.1 Å². The highest BCUT2D eigenvalue weighted by Crippen LogP contribution is 2.23. The summed E-state index contributed by atoms with van der Waals surface area (Å²) in [5, 5.41) is 10.9. The number of aromatic amines is 1. The van der Waals surface area contributed by atoms with Gasteiger partial charge in [-0.25, -0.2) is 4.79 Å². The molecule has 0 aliphatic carbocycles. The second-order valence-electron chi connectivity index (χ2n) is 6.04. The number of urea groups is 1. The highest BCUT2D eigenvalue weighted by Gasteiger charge is 2.23. The van der Waals surface area contributed by atoms with Gasteiger partial charge in [0.1, 0.15) is 0 Å². The lowest BCUT2D eigenvalue weighted by atomic mass is 10.2. The minimum atomic E-state index is -0.0229. The molecule has 1 aliphatic heterocycles. The van der Waals surface area contributed by atoms with Crippen molar-refractivity contribution in [3.63, 3.8) is 0 Å². The molecule has 24 heavy (non-hydrogen) atoms. The Labute approximate surface area is 146 Å². The number of rotatable bonds is 3. The molecule has 0 spiro atoms. The van der Waals surface area contributed by atoms with Gasteiger partial charge in [-0.05, 0) is 31.5 Å². The first-order chi connectivity index (χ1) is 11.5. The van der Waals surface area contributed by atoms with Crippen molar-refractivity contribution in [3.05, 3.63) is 46.2 Å². The number of piperazine rings is 1. The zero-order valence-corrected chi connectivity index (χ0v) is 14.7. The summed E-state index contributed by atoms with van der Waals surface area (Å²) in [5.41, 5.74) is 4.29. The fraction of sp³-hybridized carbons (Fsp3) is 0.412. The number of H-pyrrole nitrogens is 1. The van der Waals surface area contributed by atoms with Gasteiger partial charge in [0.25, 0.3) is 0 Å². The fourth-order valence-electron chi connectivity index (χ4n) is 3.04. The van der Waals surface area contributed by atoms with E-state index in [1.165, 1.54) is 0 Å². The lowest BCUT2D eigenvalue weighted by molar-refractivity contribution is 0.194. The third-order valence-electron chi connectivity index (χ3n) is 4.33. The number of hydrogen-bond acceptors (Lipinski definition) is 3. The molecule has 0 saturated carbocycles. The van der Waals surface area contributed by atoms with E-state index in [1.807, 2.05) is 43.0 Å². The highest BCUT2D eigenvalue weighted by molar-refractivity contribution is 6.30. The van der Waals surface area contributed by atoms with Gasteiger partial charge >= 0.3 is 6.03 Å². The maximum absolute atomic E-state index is 12.3. The standard InChI is InChI=1S/C17H22ClN5O/c1-12-16(13(2)21-20-12)22-7-9-23(10-8-22)17(24)19-11-14-3-5-15(18)6-4-14/h3-6H,7-11H2,1-2H3,(H,19,24)(H,20,21). The van der Waals surface area contributed by atoms with Crippen molar-refractivity contribution in [1.82, 2.24) is 20.4 Å². The van der Waals surface area contributed by atoms with E-state index in [2.05, 4.69) is 20.4 Å². The second-order valence-corrected chi connectivity index (χ2v) is 6.48. The number of nitrogens with one attached hydrogen (secondary N) is 2. The first-order valence-electron chi connectivity index (χ1n) is 8.08. The van der Waals surface area contributed by atoms with Gasteiger partial charge in [0.15, 0.2) is 0 Å². The summed E-state index contributed by atoms with van der Waals surface area (Å²) in [7, 11) is 0. The quantitative estimate of drug-likeness (QED) is 0.897. The van der Waals surface area contributed by atoms with Gasteiger partial charge in [-0.3, -0.25) is 5.10 Å². The third-order valence-corrected chi connectivity index (χ3v) is 4.58. The summed E-state index contributed by atoms with van der Waals surface area (Å²) in [6.07, 6.45) is 0. The summed E-state index contributed by atoms with van der Waals surface area (Å²) in [6.45, 7) is 7.58. The number of carbonyl (C=O) groups is 1. The normalized spacial score (nSPS) is 14.8. The molecule has 2 amide bonds. The fourth-order valence-corrected chi connectivity index (χ4v) is 3.16. The van der Waals surface area contributed by atoms with E-state index < -0.39 is 0 Å². The molecule has 0 radical (unpaired) electrons. The number of aromatic nitrogens is 2. The maximum atomic E-state index is 12.3. The number of aryl methyl sites for hydroxylation is 2. The third kappa shape index (κ3) is 3.64. The highest BCUT2D eigenvalue weighted by atomic mass is 35.5. The summed E-state index contributed by atoms with van der Waals surface area (Å²) < 4.78 is 0. The van der Waals surface area contributed by atoms with E-state index in [-0.39, 0.29) is 6.03 Å². The average Bonchev–Trinajstić information content (AvgIpc) is 2.93. The van der Waals surface area contributed by atoms with Crippen LogP contribution in [0.25, 0.3) is 0 Å². The number of carbonyl (C=O) groups excluding carboxylic acids is 1. The Morgan fingerprint density at radius 2 is 1.88 bits per heavy atom. The molecule has 1 aromatic heterocycles. The predicted octanol–water partition coefficient (Wildman–Crippen LogP) is 2.71. The van der Waals surface area contributed by atoms with Crippen molar-refractivity contribution >= 4 is 23.3 Å². The number of benzene rings is 1. The van der Waals surface area contributed by atoms with Crippen LogP contribution in [0.1, 0.15) is 17.0 Å². The van der Waals surface area contributed by atoms with Gasteiger partial charge in [0.05, 0.1) is 17.1 Å². The minimum absolute atomic E-state index is 0.0229. The second kappa shape index (κ2) is 7.13. The summed E-state index contributed by atoms with van der Waals surface area (Å²) in [4.78, 5) is 16.5. The van der Waals surface area contributed by atoms with Gasteiger partial charge in [0, 0.05) is 37.7 Å². The van der Waals surface area contributed by atoms with Crippen LogP contribution >= 0.6 is 11.6 Å². The Kier molecular flexibility index (Phi) is 4.94. The zero-order chi connectivity index (χ0) is 17.1. The molecule has 7 heteroatoms. The van der Waals surface area contributed by atoms with Gasteiger partial charge in [-0.2, -0.15) is 5.10 Å². The SMILES string of the molecule is Cc1n[nH]c(C)c1N1CCN(C(=O)NCc2ccc(Cl)cc2)CC1. The minimum Gasteiger partial charge on any atom is -0.365 e. The molecule has 3 rings (SSSR count). The van der Waals surface area contributed by atoms with E-state index >= 15 is 0 Å². The van der Waals surface area contributed by atoms with Crippen LogP contribution in [0.4, 0.5) is 10.5 Å². The van der Waals surface area contributed by atoms with E-state index in [9.17, 15) is 4.79 Å². The lowest BCUT2D eigenvalue weighted by Crippen LogP contribution is -2.51. The first kappa shape index (κ1) is 16.6. The van der Waals surface area contributed by atoms with Crippen LogP contribution in [-0.4, -0.2) is 47.3 Å². The predicted molar refractivity (Wildman–Crippen MR) is 95.5 cm³/mol. The monoisotopic (exact) mass is 347 g/mol. The number of hydrogen-bond donors (Lipinski definition) is 2. The van der Waals surface area contributed by atoms with Gasteiger partial charge < -0.3 is 15.1 Å². The van der Waals surface area contributed by atoms with Crippen molar-refractivity contribution in [2.24, 2.45) is 0 Å². The van der Waals surface area contributed by atoms with Crippen LogP contribution in [0.2, 0.25) is 5.02 Å². The van der Waals surface area contributed by atoms with Crippen LogP contribution in [0.3, 0.4) is 0 Å². The number of anilines is 1. The van der Waals surface area contributed by atoms with Crippen LogP contribution in [0, 0.1) is 13.8 Å². The molecule has 2 N–H and O–H groups in total. The van der Waals surface area contributed by atoms with Crippen LogP contribution in [-0.2, 0) is 6.54 Å². The molecular weight excluding hydrogens is 326 g/mol. The molecule has 1 aliphatic rings. The molecule has 1 fully saturated rings. The van der Waals surface area contributed by atoms with E-state index in [1.54, 1.807) is 0 Å². The van der Waals surface area contributed by atoms with Gasteiger partial charge in [-0.15, -0.1) is 0 Å². The molecule has 0 atom stereocenters. The molecule has 6 nitrogen and oxygen atoms in total. The number of halogens is 1. The van der Waals surface area contributed by atoms with Crippen LogP contribution < -0.4 is 10.2 Å². The molecule has 1 saturated heterocycles. The Bertz CT molecular complexity index is 685. The van der Waals surface area contributed by atoms with E-state index in [0.717, 1.165) is 35.7 Å². The lowest BCUT2D eigenvalue weighted by Gasteiger charge is -2.36. The molecule has 0 unspecified atom stereocenters. The Morgan fingerprint density at radius 1 is 1.21 bits per heavy atom. The Hall–Kier alpha value is -2.21. The van der Waals surface area contributed by atoms with Crippen LogP contribution in [0.5, 0.6) is 0 Å². The van der Waals surface area contributed by atoms with Crippen molar-refractivity contribution in [1.29, 1.82) is 0 Å². The largest absolute Gasteiger partial charge is 0.365 e. The molecule has 2 aromatic rings. The number of nitrogens with zero attached hydrogens (tertiary/aromatic N) is 3. The summed E-state index contributed by atoms with van der Waals surface area (Å²) in [5.74, 6) is 0. The summed E-state index contributed by atoms with van der Waals surface area (Å²) in [6, 6.07) is 7.48. The van der Waals surface area contributed by atoms with Gasteiger partial charge in [0.2, 0.25) is 0 Å². The molecular formula is C17H22ClN5O. The molecule has 1 aromatic carbocycles. The topological polar surface area (TPSA) is 64.3 Å². The van der Waals surface area contributed by atoms with Gasteiger partial charge in [-0.1, -0.05) is 23.7 Å². The first-order valence-corrected chi connectivity index (χ1v) is 8.46.